The van der Waals surface area contributed by atoms with Crippen molar-refractivity contribution in [3.05, 3.63) is 78.4 Å². The smallest absolute Gasteiger partial charge is 0.151 e. The Morgan fingerprint density at radius 1 is 1.00 bits per heavy atom. The molecular weight excluding hydrogens is 486 g/mol. The van der Waals surface area contributed by atoms with E-state index in [1.807, 2.05) is 15.3 Å². The van der Waals surface area contributed by atoms with Gasteiger partial charge in [0, 0.05) is 29.4 Å². The molecule has 1 fully saturated rings. The summed E-state index contributed by atoms with van der Waals surface area (Å²) in [7, 11) is 0. The van der Waals surface area contributed by atoms with Crippen molar-refractivity contribution in [3.63, 3.8) is 0 Å². The lowest BCUT2D eigenvalue weighted by atomic mass is 9.94. The zero-order valence-corrected chi connectivity index (χ0v) is 22.4. The van der Waals surface area contributed by atoms with Crippen LogP contribution in [0.25, 0.3) is 27.5 Å². The number of aliphatic hydroxyl groups is 1. The number of hydrogen-bond acceptors (Lipinski definition) is 6. The first-order chi connectivity index (χ1) is 19.2. The summed E-state index contributed by atoms with van der Waals surface area (Å²) in [5, 5.41) is 19.7. The van der Waals surface area contributed by atoms with Crippen molar-refractivity contribution in [1.82, 2.24) is 29.3 Å². The molecule has 0 bridgehead atoms. The highest BCUT2D eigenvalue weighted by Gasteiger charge is 2.19. The number of fused-ring (bicyclic) bond motifs is 2. The van der Waals surface area contributed by atoms with Crippen LogP contribution in [0.15, 0.2) is 67.1 Å². The van der Waals surface area contributed by atoms with Gasteiger partial charge < -0.3 is 15.7 Å². The van der Waals surface area contributed by atoms with Gasteiger partial charge in [-0.2, -0.15) is 10.2 Å². The van der Waals surface area contributed by atoms with Gasteiger partial charge in [0.2, 0.25) is 0 Å². The maximum absolute atomic E-state index is 9.19. The van der Waals surface area contributed by atoms with Gasteiger partial charge in [-0.3, -0.25) is 4.68 Å². The molecule has 0 amide bonds. The molecule has 1 aliphatic heterocycles. The molecule has 202 valence electrons. The average molecular weight is 524 g/mol. The number of aliphatic hydroxyl groups excluding tert-OH is 1. The van der Waals surface area contributed by atoms with Crippen LogP contribution in [0.4, 0.5) is 5.82 Å². The maximum Gasteiger partial charge on any atom is 0.151 e. The first kappa shape index (κ1) is 25.5. The highest BCUT2D eigenvalue weighted by atomic mass is 16.3. The van der Waals surface area contributed by atoms with Crippen LogP contribution in [0.1, 0.15) is 43.4 Å². The van der Waals surface area contributed by atoms with E-state index in [-0.39, 0.29) is 0 Å². The lowest BCUT2D eigenvalue weighted by molar-refractivity contribution is 0.157. The van der Waals surface area contributed by atoms with E-state index in [1.165, 1.54) is 18.4 Å². The number of aryl methyl sites for hydroxylation is 1. The monoisotopic (exact) mass is 523 g/mol. The van der Waals surface area contributed by atoms with E-state index in [0.29, 0.717) is 18.3 Å². The summed E-state index contributed by atoms with van der Waals surface area (Å²) in [6.45, 7) is 4.48. The van der Waals surface area contributed by atoms with Crippen LogP contribution < -0.4 is 5.73 Å². The number of rotatable bonds is 10. The Kier molecular flexibility index (Phi) is 7.56. The van der Waals surface area contributed by atoms with Crippen molar-refractivity contribution in [2.45, 2.75) is 45.1 Å². The van der Waals surface area contributed by atoms with Gasteiger partial charge in [0.05, 0.1) is 12.1 Å². The standard InChI is InChI=1S/C31H37N7O/c32-31-30-28(25-9-10-26-21-37(35-29(26)18-25)20-24-6-2-1-3-7-24)19-27(38(30)34-22-33-31)8-4-5-14-36-15-11-23(12-16-36)13-17-39/h1-3,6-7,9-10,18-19,21-23,39H,4-5,8,11-17,20H2,(H2,32,33,34). The van der Waals surface area contributed by atoms with Gasteiger partial charge in [-0.05, 0) is 87.3 Å². The van der Waals surface area contributed by atoms with Gasteiger partial charge in [0.1, 0.15) is 11.8 Å². The normalized spacial score (nSPS) is 15.0. The van der Waals surface area contributed by atoms with Crippen LogP contribution in [0.2, 0.25) is 0 Å². The number of unbranched alkanes of at least 4 members (excludes halogenated alkanes) is 1. The second-order valence-electron chi connectivity index (χ2n) is 10.8. The number of aromatic nitrogens is 5. The number of benzene rings is 2. The van der Waals surface area contributed by atoms with E-state index in [2.05, 4.69) is 69.7 Å². The molecule has 0 atom stereocenters. The van der Waals surface area contributed by atoms with Crippen LogP contribution in [-0.4, -0.2) is 60.6 Å². The van der Waals surface area contributed by atoms with Gasteiger partial charge in [-0.1, -0.05) is 42.5 Å². The predicted octanol–water partition coefficient (Wildman–Crippen LogP) is 4.79. The third-order valence-corrected chi connectivity index (χ3v) is 8.11. The number of nitrogens with zero attached hydrogens (tertiary/aromatic N) is 6. The Bertz CT molecular complexity index is 1530. The van der Waals surface area contributed by atoms with Crippen molar-refractivity contribution in [1.29, 1.82) is 0 Å². The van der Waals surface area contributed by atoms with E-state index >= 15 is 0 Å². The molecule has 6 rings (SSSR count). The van der Waals surface area contributed by atoms with Gasteiger partial charge in [0.15, 0.2) is 5.82 Å². The molecule has 3 N–H and O–H groups in total. The SMILES string of the molecule is Nc1ncnn2c(CCCCN3CCC(CCO)CC3)cc(-c3ccc4cn(Cc5ccccc5)nc4c3)c12. The predicted molar refractivity (Wildman–Crippen MR) is 155 cm³/mol. The maximum atomic E-state index is 9.19. The van der Waals surface area contributed by atoms with Gasteiger partial charge in [-0.25, -0.2) is 9.50 Å². The summed E-state index contributed by atoms with van der Waals surface area (Å²) in [5.41, 5.74) is 12.7. The minimum atomic E-state index is 0.317. The molecular formula is C31H37N7O. The molecule has 0 saturated carbocycles. The summed E-state index contributed by atoms with van der Waals surface area (Å²) in [6.07, 6.45) is 10.2. The minimum absolute atomic E-state index is 0.317. The average Bonchev–Trinajstić information content (AvgIpc) is 3.54. The first-order valence-corrected chi connectivity index (χ1v) is 14.1. The largest absolute Gasteiger partial charge is 0.396 e. The van der Waals surface area contributed by atoms with Crippen LogP contribution in [0.5, 0.6) is 0 Å². The summed E-state index contributed by atoms with van der Waals surface area (Å²) in [6, 6.07) is 19.0. The minimum Gasteiger partial charge on any atom is -0.396 e. The number of nitrogens with two attached hydrogens (primary N) is 1. The fraction of sp³-hybridized carbons (Fsp3) is 0.387. The number of nitrogen functional groups attached to an aromatic ring is 1. The highest BCUT2D eigenvalue weighted by molar-refractivity contribution is 5.92. The van der Waals surface area contributed by atoms with Gasteiger partial charge in [0.25, 0.3) is 0 Å². The zero-order chi connectivity index (χ0) is 26.6. The van der Waals surface area contributed by atoms with Crippen molar-refractivity contribution in [3.8, 4) is 11.1 Å². The van der Waals surface area contributed by atoms with E-state index in [1.54, 1.807) is 6.33 Å². The fourth-order valence-electron chi connectivity index (χ4n) is 5.94. The molecule has 4 heterocycles. The first-order valence-electron chi connectivity index (χ1n) is 14.1. The number of anilines is 1. The molecule has 1 saturated heterocycles. The molecule has 0 unspecified atom stereocenters. The zero-order valence-electron chi connectivity index (χ0n) is 22.4. The summed E-state index contributed by atoms with van der Waals surface area (Å²) >= 11 is 0. The van der Waals surface area contributed by atoms with Crippen LogP contribution in [0, 0.1) is 5.92 Å². The molecule has 39 heavy (non-hydrogen) atoms. The molecule has 5 aromatic rings. The third kappa shape index (κ3) is 5.67. The summed E-state index contributed by atoms with van der Waals surface area (Å²) < 4.78 is 3.97. The van der Waals surface area contributed by atoms with Crippen LogP contribution in [0.3, 0.4) is 0 Å². The van der Waals surface area contributed by atoms with Gasteiger partial charge in [-0.15, -0.1) is 0 Å². The Hall–Kier alpha value is -3.75. The third-order valence-electron chi connectivity index (χ3n) is 8.11. The van der Waals surface area contributed by atoms with Crippen molar-refractivity contribution in [2.75, 3.05) is 32.0 Å². The molecule has 0 radical (unpaired) electrons. The fourth-order valence-corrected chi connectivity index (χ4v) is 5.94. The van der Waals surface area contributed by atoms with Crippen molar-refractivity contribution < 1.29 is 5.11 Å². The van der Waals surface area contributed by atoms with Crippen molar-refractivity contribution >= 4 is 22.2 Å². The molecule has 8 heteroatoms. The highest BCUT2D eigenvalue weighted by Crippen LogP contribution is 2.32. The number of likely N-dealkylation sites (tertiary alicyclic amines) is 1. The van der Waals surface area contributed by atoms with Crippen LogP contribution in [-0.2, 0) is 13.0 Å². The summed E-state index contributed by atoms with van der Waals surface area (Å²) in [4.78, 5) is 6.87. The Morgan fingerprint density at radius 2 is 1.85 bits per heavy atom. The van der Waals surface area contributed by atoms with E-state index in [0.717, 1.165) is 85.1 Å². The van der Waals surface area contributed by atoms with E-state index in [4.69, 9.17) is 10.8 Å². The molecule has 8 nitrogen and oxygen atoms in total. The molecule has 0 aliphatic carbocycles. The second-order valence-corrected chi connectivity index (χ2v) is 10.8. The van der Waals surface area contributed by atoms with Crippen molar-refractivity contribution in [2.24, 2.45) is 5.92 Å². The van der Waals surface area contributed by atoms with Gasteiger partial charge >= 0.3 is 0 Å². The van der Waals surface area contributed by atoms with E-state index < -0.39 is 0 Å². The lowest BCUT2D eigenvalue weighted by Crippen LogP contribution is -2.34. The van der Waals surface area contributed by atoms with Crippen LogP contribution >= 0.6 is 0 Å². The quantitative estimate of drug-likeness (QED) is 0.255. The Labute approximate surface area is 229 Å². The topological polar surface area (TPSA) is 97.5 Å². The lowest BCUT2D eigenvalue weighted by Gasteiger charge is -2.31. The molecule has 0 spiro atoms. The number of hydrogen-bond donors (Lipinski definition) is 2. The second kappa shape index (κ2) is 11.6. The molecule has 1 aliphatic rings. The Balaban J connectivity index is 1.17. The molecule has 2 aromatic carbocycles. The number of piperidine rings is 1. The van der Waals surface area contributed by atoms with E-state index in [9.17, 15) is 5.11 Å². The Morgan fingerprint density at radius 3 is 2.67 bits per heavy atom. The molecule has 3 aromatic heterocycles. The summed E-state index contributed by atoms with van der Waals surface area (Å²) in [5.74, 6) is 1.19.